The van der Waals surface area contributed by atoms with Crippen molar-refractivity contribution in [2.75, 3.05) is 5.32 Å². The van der Waals surface area contributed by atoms with Gasteiger partial charge in [-0.1, -0.05) is 0 Å². The van der Waals surface area contributed by atoms with Gasteiger partial charge >= 0.3 is 6.18 Å². The summed E-state index contributed by atoms with van der Waals surface area (Å²) in [6.07, 6.45) is -4.64. The van der Waals surface area contributed by atoms with Gasteiger partial charge in [0, 0.05) is 0 Å². The molecule has 0 aliphatic rings. The van der Waals surface area contributed by atoms with Crippen LogP contribution >= 0.6 is 0 Å². The van der Waals surface area contributed by atoms with Crippen LogP contribution in [0.3, 0.4) is 0 Å². The van der Waals surface area contributed by atoms with Gasteiger partial charge < -0.3 is 10.4 Å². The van der Waals surface area contributed by atoms with Crippen LogP contribution in [-0.4, -0.2) is 36.1 Å². The van der Waals surface area contributed by atoms with Crippen LogP contribution in [0.1, 0.15) is 33.5 Å². The van der Waals surface area contributed by atoms with Crippen LogP contribution in [0.4, 0.5) is 19.0 Å². The van der Waals surface area contributed by atoms with E-state index in [4.69, 9.17) is 0 Å². The summed E-state index contributed by atoms with van der Waals surface area (Å²) in [5, 5.41) is 23.4. The van der Waals surface area contributed by atoms with Gasteiger partial charge in [-0.3, -0.25) is 0 Å². The summed E-state index contributed by atoms with van der Waals surface area (Å²) in [6.45, 7) is 6.63. The molecule has 2 aromatic heterocycles. The zero-order valence-corrected chi connectivity index (χ0v) is 12.0. The number of nitrogens with zero attached hydrogens (tertiary/aromatic N) is 4. The first-order chi connectivity index (χ1) is 9.42. The van der Waals surface area contributed by atoms with Crippen molar-refractivity contribution in [1.82, 2.24) is 19.8 Å². The maximum atomic E-state index is 12.8. The molecule has 0 aliphatic carbocycles. The molecule has 0 saturated heterocycles. The molecule has 0 unspecified atom stereocenters. The van der Waals surface area contributed by atoms with Crippen LogP contribution in [-0.2, 0) is 6.18 Å². The zero-order valence-electron chi connectivity index (χ0n) is 12.0. The van der Waals surface area contributed by atoms with Gasteiger partial charge in [-0.15, -0.1) is 15.3 Å². The molecule has 2 rings (SSSR count). The molecule has 2 heterocycles. The molecule has 0 saturated carbocycles. The topological polar surface area (TPSA) is 75.3 Å². The second-order valence-electron chi connectivity index (χ2n) is 5.82. The molecule has 21 heavy (non-hydrogen) atoms. The van der Waals surface area contributed by atoms with E-state index in [1.807, 2.05) is 0 Å². The minimum absolute atomic E-state index is 0.00561. The maximum absolute atomic E-state index is 12.8. The third kappa shape index (κ3) is 2.92. The fourth-order valence-electron chi connectivity index (χ4n) is 1.51. The first-order valence-corrected chi connectivity index (χ1v) is 6.22. The van der Waals surface area contributed by atoms with Crippen molar-refractivity contribution in [1.29, 1.82) is 0 Å². The summed E-state index contributed by atoms with van der Waals surface area (Å²) in [6, 6.07) is 2.86. The predicted molar refractivity (Wildman–Crippen MR) is 69.8 cm³/mol. The van der Waals surface area contributed by atoms with Crippen molar-refractivity contribution < 1.29 is 18.3 Å². The molecule has 9 heteroatoms. The van der Waals surface area contributed by atoms with Gasteiger partial charge in [-0.05, 0) is 39.8 Å². The van der Waals surface area contributed by atoms with Crippen molar-refractivity contribution in [3.63, 3.8) is 0 Å². The number of aromatic nitrogens is 4. The van der Waals surface area contributed by atoms with Gasteiger partial charge in [0.2, 0.25) is 0 Å². The number of halogens is 3. The van der Waals surface area contributed by atoms with Gasteiger partial charge in [-0.25, -0.2) is 0 Å². The first kappa shape index (κ1) is 15.5. The quantitative estimate of drug-likeness (QED) is 0.908. The van der Waals surface area contributed by atoms with Gasteiger partial charge in [-0.2, -0.15) is 17.7 Å². The summed E-state index contributed by atoms with van der Waals surface area (Å²) in [5.74, 6) is -1.01. The van der Waals surface area contributed by atoms with Gasteiger partial charge in [0.05, 0.1) is 11.1 Å². The first-order valence-electron chi connectivity index (χ1n) is 6.22. The summed E-state index contributed by atoms with van der Waals surface area (Å²) >= 11 is 0. The number of nitrogens with one attached hydrogen (secondary N) is 1. The molecule has 0 aliphatic heterocycles. The number of fused-ring (bicyclic) bond motifs is 1. The van der Waals surface area contributed by atoms with E-state index >= 15 is 0 Å². The molecule has 0 bridgehead atoms. The Morgan fingerprint density at radius 1 is 1.10 bits per heavy atom. The second kappa shape index (κ2) is 4.55. The second-order valence-corrected chi connectivity index (χ2v) is 5.82. The number of aliphatic hydroxyl groups is 1. The maximum Gasteiger partial charge on any atom is 0.453 e. The molecule has 0 spiro atoms. The molecule has 0 amide bonds. The van der Waals surface area contributed by atoms with Crippen LogP contribution in [0.25, 0.3) is 5.65 Å². The van der Waals surface area contributed by atoms with E-state index < -0.39 is 23.1 Å². The van der Waals surface area contributed by atoms with E-state index in [0.717, 1.165) is 0 Å². The molecule has 0 fully saturated rings. The molecule has 2 N–H and O–H groups in total. The highest BCUT2D eigenvalue weighted by Crippen LogP contribution is 2.29. The van der Waals surface area contributed by atoms with E-state index in [9.17, 15) is 18.3 Å². The Bertz CT molecular complexity index is 657. The smallest absolute Gasteiger partial charge is 0.388 e. The highest BCUT2D eigenvalue weighted by molar-refractivity contribution is 5.45. The van der Waals surface area contributed by atoms with E-state index in [1.165, 1.54) is 12.1 Å². The Labute approximate surface area is 119 Å². The lowest BCUT2D eigenvalue weighted by Crippen LogP contribution is -2.51. The highest BCUT2D eigenvalue weighted by atomic mass is 19.4. The number of rotatable bonds is 3. The average molecular weight is 303 g/mol. The minimum Gasteiger partial charge on any atom is -0.388 e. The monoisotopic (exact) mass is 303 g/mol. The Morgan fingerprint density at radius 2 is 1.71 bits per heavy atom. The van der Waals surface area contributed by atoms with Gasteiger partial charge in [0.15, 0.2) is 5.65 Å². The average Bonchev–Trinajstić information content (AvgIpc) is 2.69. The predicted octanol–water partition coefficient (Wildman–Crippen LogP) is 2.10. The summed E-state index contributed by atoms with van der Waals surface area (Å²) in [5.41, 5.74) is -1.92. The Morgan fingerprint density at radius 3 is 2.24 bits per heavy atom. The fourth-order valence-corrected chi connectivity index (χ4v) is 1.51. The van der Waals surface area contributed by atoms with E-state index in [-0.39, 0.29) is 11.5 Å². The van der Waals surface area contributed by atoms with Gasteiger partial charge in [0.1, 0.15) is 5.82 Å². The van der Waals surface area contributed by atoms with E-state index in [0.29, 0.717) is 4.52 Å². The fraction of sp³-hybridized carbons (Fsp3) is 0.583. The summed E-state index contributed by atoms with van der Waals surface area (Å²) in [4.78, 5) is 0. The van der Waals surface area contributed by atoms with E-state index in [1.54, 1.807) is 27.7 Å². The van der Waals surface area contributed by atoms with Crippen molar-refractivity contribution in [3.8, 4) is 0 Å². The van der Waals surface area contributed by atoms with Crippen molar-refractivity contribution >= 4 is 11.5 Å². The van der Waals surface area contributed by atoms with Crippen LogP contribution in [0.5, 0.6) is 0 Å². The number of hydrogen-bond donors (Lipinski definition) is 2. The third-order valence-corrected chi connectivity index (χ3v) is 3.49. The summed E-state index contributed by atoms with van der Waals surface area (Å²) < 4.78 is 39.0. The highest BCUT2D eigenvalue weighted by Gasteiger charge is 2.38. The molecular weight excluding hydrogens is 287 g/mol. The molecular formula is C12H16F3N5O. The number of hydrogen-bond acceptors (Lipinski definition) is 5. The van der Waals surface area contributed by atoms with Crippen LogP contribution < -0.4 is 5.32 Å². The van der Waals surface area contributed by atoms with Crippen molar-refractivity contribution in [3.05, 3.63) is 18.0 Å². The van der Waals surface area contributed by atoms with Gasteiger partial charge in [0.25, 0.3) is 5.82 Å². The number of anilines is 1. The number of alkyl halides is 3. The molecule has 0 atom stereocenters. The SMILES string of the molecule is CC(C)(O)C(C)(C)Nc1ccc2nnc(C(F)(F)F)n2n1. The summed E-state index contributed by atoms with van der Waals surface area (Å²) in [7, 11) is 0. The molecule has 0 aromatic carbocycles. The minimum atomic E-state index is -4.64. The Hall–Kier alpha value is -1.90. The van der Waals surface area contributed by atoms with Crippen LogP contribution in [0, 0.1) is 0 Å². The molecule has 0 radical (unpaired) electrons. The third-order valence-electron chi connectivity index (χ3n) is 3.49. The van der Waals surface area contributed by atoms with Crippen LogP contribution in [0.2, 0.25) is 0 Å². The molecule has 116 valence electrons. The van der Waals surface area contributed by atoms with Crippen molar-refractivity contribution in [2.24, 2.45) is 0 Å². The Balaban J connectivity index is 2.44. The van der Waals surface area contributed by atoms with E-state index in [2.05, 4.69) is 20.6 Å². The molecule has 2 aromatic rings. The van der Waals surface area contributed by atoms with Crippen molar-refractivity contribution in [2.45, 2.75) is 45.0 Å². The lowest BCUT2D eigenvalue weighted by Gasteiger charge is -2.38. The lowest BCUT2D eigenvalue weighted by atomic mass is 9.86. The molecule has 6 nitrogen and oxygen atoms in total. The zero-order chi connectivity index (χ0) is 16.1. The Kier molecular flexibility index (Phi) is 3.36. The standard InChI is InChI=1S/C12H16F3N5O/c1-10(2,11(3,4)21)16-7-5-6-8-17-18-9(12(13,14)15)20(8)19-7/h5-6,21H,1-4H3,(H,16,19). The lowest BCUT2D eigenvalue weighted by molar-refractivity contribution is -0.146. The normalized spacial score (nSPS) is 13.7. The van der Waals surface area contributed by atoms with Crippen LogP contribution in [0.15, 0.2) is 12.1 Å². The largest absolute Gasteiger partial charge is 0.453 e.